The van der Waals surface area contributed by atoms with E-state index in [2.05, 4.69) is 0 Å². The Morgan fingerprint density at radius 1 is 1.12 bits per heavy atom. The van der Waals surface area contributed by atoms with E-state index in [1.165, 1.54) is 9.21 Å². The number of amides is 1. The number of rotatable bonds is 4. The largest absolute Gasteiger partial charge is 0.476 e. The second-order valence-electron chi connectivity index (χ2n) is 6.08. The van der Waals surface area contributed by atoms with Crippen molar-refractivity contribution < 1.29 is 17.9 Å². The monoisotopic (exact) mass is 360 g/mol. The highest BCUT2D eigenvalue weighted by Crippen LogP contribution is 2.35. The molecule has 3 rings (SSSR count). The molecule has 0 N–H and O–H groups in total. The Balaban J connectivity index is 1.97. The maximum Gasteiger partial charge on any atom is 0.265 e. The molecule has 0 fully saturated rings. The van der Waals surface area contributed by atoms with E-state index in [1.54, 1.807) is 62.6 Å². The summed E-state index contributed by atoms with van der Waals surface area (Å²) >= 11 is 0. The molecule has 2 aromatic carbocycles. The van der Waals surface area contributed by atoms with Crippen molar-refractivity contribution in [3.05, 3.63) is 60.2 Å². The summed E-state index contributed by atoms with van der Waals surface area (Å²) in [4.78, 5) is 13.7. The van der Waals surface area contributed by atoms with E-state index in [0.717, 1.165) is 0 Å². The van der Waals surface area contributed by atoms with Gasteiger partial charge in [-0.1, -0.05) is 42.5 Å². The van der Waals surface area contributed by atoms with Crippen LogP contribution in [0, 0.1) is 0 Å². The van der Waals surface area contributed by atoms with Crippen LogP contribution < -0.4 is 9.04 Å². The minimum atomic E-state index is -3.66. The van der Waals surface area contributed by atoms with Crippen LogP contribution in [0.15, 0.2) is 54.6 Å². The molecule has 1 heterocycles. The SMILES string of the molecule is CN(C)C(=O)C1CN(S(=O)(=O)Cc2ccccc2)c2ccccc2O1. The number of fused-ring (bicyclic) bond motifs is 1. The first-order chi connectivity index (χ1) is 11.9. The summed E-state index contributed by atoms with van der Waals surface area (Å²) < 4.78 is 33.0. The average molecular weight is 360 g/mol. The van der Waals surface area contributed by atoms with Crippen molar-refractivity contribution in [1.29, 1.82) is 0 Å². The van der Waals surface area contributed by atoms with Gasteiger partial charge in [-0.2, -0.15) is 0 Å². The molecular weight excluding hydrogens is 340 g/mol. The molecule has 1 aliphatic rings. The third kappa shape index (κ3) is 3.61. The van der Waals surface area contributed by atoms with Gasteiger partial charge in [0.2, 0.25) is 10.0 Å². The smallest absolute Gasteiger partial charge is 0.265 e. The van der Waals surface area contributed by atoms with Crippen LogP contribution >= 0.6 is 0 Å². The van der Waals surface area contributed by atoms with Gasteiger partial charge in [0.1, 0.15) is 5.75 Å². The first-order valence-corrected chi connectivity index (χ1v) is 9.50. The summed E-state index contributed by atoms with van der Waals surface area (Å²) in [5.74, 6) is -0.00888. The zero-order chi connectivity index (χ0) is 18.0. The van der Waals surface area contributed by atoms with E-state index >= 15 is 0 Å². The zero-order valence-corrected chi connectivity index (χ0v) is 14.9. The molecule has 0 saturated carbocycles. The minimum absolute atomic E-state index is 0.0385. The van der Waals surface area contributed by atoms with E-state index in [4.69, 9.17) is 4.74 Å². The van der Waals surface area contributed by atoms with Crippen molar-refractivity contribution >= 4 is 21.6 Å². The van der Waals surface area contributed by atoms with E-state index in [1.807, 2.05) is 6.07 Å². The number of nitrogens with zero attached hydrogens (tertiary/aromatic N) is 2. The predicted molar refractivity (Wildman–Crippen MR) is 96.0 cm³/mol. The number of benzene rings is 2. The second kappa shape index (κ2) is 6.76. The number of hydrogen-bond donors (Lipinski definition) is 0. The summed E-state index contributed by atoms with van der Waals surface area (Å²) in [6.07, 6.45) is -0.865. The number of carbonyl (C=O) groups is 1. The first kappa shape index (κ1) is 17.3. The van der Waals surface area contributed by atoms with Crippen LogP contribution in [0.5, 0.6) is 5.75 Å². The van der Waals surface area contributed by atoms with Crippen LogP contribution in [0.1, 0.15) is 5.56 Å². The normalized spacial score (nSPS) is 16.7. The second-order valence-corrected chi connectivity index (χ2v) is 7.97. The number of para-hydroxylation sites is 2. The maximum atomic E-state index is 13.0. The average Bonchev–Trinajstić information content (AvgIpc) is 2.60. The fourth-order valence-corrected chi connectivity index (χ4v) is 4.33. The van der Waals surface area contributed by atoms with Crippen LogP contribution in [0.25, 0.3) is 0 Å². The molecule has 0 radical (unpaired) electrons. The van der Waals surface area contributed by atoms with E-state index < -0.39 is 16.1 Å². The number of sulfonamides is 1. The lowest BCUT2D eigenvalue weighted by atomic mass is 10.2. The molecule has 0 bridgehead atoms. The molecule has 132 valence electrons. The molecule has 6 nitrogen and oxygen atoms in total. The lowest BCUT2D eigenvalue weighted by molar-refractivity contribution is -0.135. The molecule has 0 aromatic heterocycles. The quantitative estimate of drug-likeness (QED) is 0.835. The van der Waals surface area contributed by atoms with Crippen molar-refractivity contribution in [2.24, 2.45) is 0 Å². The van der Waals surface area contributed by atoms with E-state index in [0.29, 0.717) is 17.0 Å². The molecule has 2 aromatic rings. The van der Waals surface area contributed by atoms with Crippen molar-refractivity contribution in [2.45, 2.75) is 11.9 Å². The van der Waals surface area contributed by atoms with Gasteiger partial charge in [0.15, 0.2) is 6.10 Å². The van der Waals surface area contributed by atoms with Crippen molar-refractivity contribution in [3.8, 4) is 5.75 Å². The highest BCUT2D eigenvalue weighted by Gasteiger charge is 2.37. The van der Waals surface area contributed by atoms with Crippen LogP contribution in [-0.2, 0) is 20.6 Å². The Morgan fingerprint density at radius 2 is 1.76 bits per heavy atom. The van der Waals surface area contributed by atoms with Crippen LogP contribution in [-0.4, -0.2) is 46.0 Å². The fraction of sp³-hybridized carbons (Fsp3) is 0.278. The Bertz CT molecular complexity index is 866. The molecule has 0 aliphatic carbocycles. The number of likely N-dealkylation sites (N-methyl/N-ethyl adjacent to an activating group) is 1. The first-order valence-electron chi connectivity index (χ1n) is 7.89. The van der Waals surface area contributed by atoms with Gasteiger partial charge in [0.05, 0.1) is 18.0 Å². The van der Waals surface area contributed by atoms with Gasteiger partial charge in [0.25, 0.3) is 5.91 Å². The molecule has 1 unspecified atom stereocenters. The molecule has 1 aliphatic heterocycles. The van der Waals surface area contributed by atoms with Gasteiger partial charge in [0, 0.05) is 14.1 Å². The van der Waals surface area contributed by atoms with Gasteiger partial charge < -0.3 is 9.64 Å². The van der Waals surface area contributed by atoms with Crippen molar-refractivity contribution in [2.75, 3.05) is 24.9 Å². The van der Waals surface area contributed by atoms with Crippen LogP contribution in [0.4, 0.5) is 5.69 Å². The lowest BCUT2D eigenvalue weighted by Crippen LogP contribution is -2.50. The molecule has 7 heteroatoms. The summed E-state index contributed by atoms with van der Waals surface area (Å²) in [5, 5.41) is 0. The molecule has 1 amide bonds. The van der Waals surface area contributed by atoms with Crippen LogP contribution in [0.2, 0.25) is 0 Å². The highest BCUT2D eigenvalue weighted by atomic mass is 32.2. The van der Waals surface area contributed by atoms with Crippen LogP contribution in [0.3, 0.4) is 0 Å². The Labute approximate surface area is 147 Å². The summed E-state index contributed by atoms with van der Waals surface area (Å²) in [7, 11) is -0.419. The molecule has 0 spiro atoms. The molecule has 1 atom stereocenters. The standard InChI is InChI=1S/C18H20N2O4S/c1-19(2)18(21)17-12-20(15-10-6-7-11-16(15)24-17)25(22,23)13-14-8-4-3-5-9-14/h3-11,17H,12-13H2,1-2H3. The molecular formula is C18H20N2O4S. The van der Waals surface area contributed by atoms with E-state index in [9.17, 15) is 13.2 Å². The van der Waals surface area contributed by atoms with Crippen molar-refractivity contribution in [1.82, 2.24) is 4.90 Å². The third-order valence-electron chi connectivity index (χ3n) is 3.98. The van der Waals surface area contributed by atoms with Gasteiger partial charge >= 0.3 is 0 Å². The summed E-state index contributed by atoms with van der Waals surface area (Å²) in [5.41, 5.74) is 1.16. The van der Waals surface area contributed by atoms with Gasteiger partial charge in [-0.3, -0.25) is 9.10 Å². The van der Waals surface area contributed by atoms with Gasteiger partial charge in [-0.25, -0.2) is 8.42 Å². The summed E-state index contributed by atoms with van der Waals surface area (Å²) in [6.45, 7) is -0.0385. The lowest BCUT2D eigenvalue weighted by Gasteiger charge is -2.35. The Hall–Kier alpha value is -2.54. The van der Waals surface area contributed by atoms with Crippen molar-refractivity contribution in [3.63, 3.8) is 0 Å². The number of hydrogen-bond acceptors (Lipinski definition) is 4. The zero-order valence-electron chi connectivity index (χ0n) is 14.1. The Morgan fingerprint density at radius 3 is 2.44 bits per heavy atom. The Kier molecular flexibility index (Phi) is 4.67. The topological polar surface area (TPSA) is 66.9 Å². The number of carbonyl (C=O) groups excluding carboxylic acids is 1. The van der Waals surface area contributed by atoms with Gasteiger partial charge in [-0.05, 0) is 17.7 Å². The molecule has 25 heavy (non-hydrogen) atoms. The van der Waals surface area contributed by atoms with E-state index in [-0.39, 0.29) is 18.2 Å². The highest BCUT2D eigenvalue weighted by molar-refractivity contribution is 7.92. The van der Waals surface area contributed by atoms with Gasteiger partial charge in [-0.15, -0.1) is 0 Å². The summed E-state index contributed by atoms with van der Waals surface area (Å²) in [6, 6.07) is 15.9. The minimum Gasteiger partial charge on any atom is -0.476 e. The predicted octanol–water partition coefficient (Wildman–Crippen LogP) is 1.87. The molecule has 0 saturated heterocycles. The number of ether oxygens (including phenoxy) is 1. The number of anilines is 1. The fourth-order valence-electron chi connectivity index (χ4n) is 2.75. The third-order valence-corrected chi connectivity index (χ3v) is 5.69. The maximum absolute atomic E-state index is 13.0.